The summed E-state index contributed by atoms with van der Waals surface area (Å²) in [5.74, 6) is 4.38. The van der Waals surface area contributed by atoms with Gasteiger partial charge in [-0.2, -0.15) is 0 Å². The van der Waals surface area contributed by atoms with Crippen molar-refractivity contribution in [1.29, 1.82) is 0 Å². The SMILES string of the molecule is C=CC(C)CCC(C)CC(C)C.CCCCCCCCCC.CCCCCCCCCCC1CCCCCCCCC(C)(CC)CCC(C)C1. The molecule has 0 bridgehead atoms. The Kier molecular flexibility index (Phi) is 39.9. The predicted octanol–water partition coefficient (Wildman–Crippen LogP) is 18.9. The van der Waals surface area contributed by atoms with Crippen LogP contribution in [-0.4, -0.2) is 0 Å². The third kappa shape index (κ3) is 37.5. The number of hydrogen-bond acceptors (Lipinski definition) is 0. The number of rotatable bonds is 23. The Hall–Kier alpha value is -0.260. The number of hydrogen-bond donors (Lipinski definition) is 0. The van der Waals surface area contributed by atoms with Crippen molar-refractivity contribution in [2.75, 3.05) is 0 Å². The first-order chi connectivity index (χ1) is 24.1. The molecular weight excluding hydrogens is 601 g/mol. The maximum Gasteiger partial charge on any atom is -0.0265 e. The van der Waals surface area contributed by atoms with Crippen molar-refractivity contribution in [2.45, 2.75) is 275 Å². The van der Waals surface area contributed by atoms with Crippen LogP contribution in [0, 0.1) is 35.0 Å². The Bertz CT molecular complexity index is 638. The molecule has 302 valence electrons. The first kappa shape index (κ1) is 51.8. The van der Waals surface area contributed by atoms with Gasteiger partial charge in [-0.3, -0.25) is 0 Å². The first-order valence-electron chi connectivity index (χ1n) is 23.7. The van der Waals surface area contributed by atoms with Gasteiger partial charge >= 0.3 is 0 Å². The molecule has 0 nitrogen and oxygen atoms in total. The van der Waals surface area contributed by atoms with Crippen LogP contribution < -0.4 is 0 Å². The molecule has 0 aromatic rings. The van der Waals surface area contributed by atoms with Crippen LogP contribution in [0.25, 0.3) is 0 Å². The molecule has 0 heteroatoms. The van der Waals surface area contributed by atoms with Gasteiger partial charge in [0.05, 0.1) is 0 Å². The van der Waals surface area contributed by atoms with Gasteiger partial charge < -0.3 is 0 Å². The fraction of sp³-hybridized carbons (Fsp3) is 0.960. The van der Waals surface area contributed by atoms with Gasteiger partial charge in [-0.15, -0.1) is 6.58 Å². The van der Waals surface area contributed by atoms with Gasteiger partial charge in [0.1, 0.15) is 0 Å². The van der Waals surface area contributed by atoms with E-state index >= 15 is 0 Å². The summed E-state index contributed by atoms with van der Waals surface area (Å²) < 4.78 is 0. The largest absolute Gasteiger partial charge is 0.103 e. The molecule has 0 aromatic heterocycles. The first-order valence-corrected chi connectivity index (χ1v) is 23.7. The topological polar surface area (TPSA) is 0 Å². The molecule has 0 aromatic carbocycles. The van der Waals surface area contributed by atoms with Crippen LogP contribution >= 0.6 is 0 Å². The zero-order valence-electron chi connectivity index (χ0n) is 37.3. The van der Waals surface area contributed by atoms with Crippen molar-refractivity contribution in [1.82, 2.24) is 0 Å². The van der Waals surface area contributed by atoms with Crippen LogP contribution in [0.5, 0.6) is 0 Å². The molecule has 0 heterocycles. The number of unbranched alkanes of at least 4 members (excludes halogenated alkanes) is 14. The summed E-state index contributed by atoms with van der Waals surface area (Å²) in [7, 11) is 0. The van der Waals surface area contributed by atoms with Crippen LogP contribution in [0.1, 0.15) is 275 Å². The highest BCUT2D eigenvalue weighted by Gasteiger charge is 2.23. The molecule has 0 N–H and O–H groups in total. The van der Waals surface area contributed by atoms with Gasteiger partial charge in [-0.05, 0) is 67.1 Å². The van der Waals surface area contributed by atoms with Gasteiger partial charge in [0.25, 0.3) is 0 Å². The van der Waals surface area contributed by atoms with Crippen molar-refractivity contribution in [3.05, 3.63) is 12.7 Å². The predicted molar refractivity (Wildman–Crippen MR) is 235 cm³/mol. The lowest BCUT2D eigenvalue weighted by Gasteiger charge is -2.31. The van der Waals surface area contributed by atoms with Crippen LogP contribution in [0.3, 0.4) is 0 Å². The lowest BCUT2D eigenvalue weighted by atomic mass is 9.75. The quantitative estimate of drug-likeness (QED) is 0.0734. The molecule has 1 aliphatic rings. The fourth-order valence-electron chi connectivity index (χ4n) is 8.19. The monoisotopic (exact) mass is 703 g/mol. The highest BCUT2D eigenvalue weighted by molar-refractivity contribution is 4.76. The summed E-state index contributed by atoms with van der Waals surface area (Å²) >= 11 is 0. The summed E-state index contributed by atoms with van der Waals surface area (Å²) in [6, 6.07) is 0. The highest BCUT2D eigenvalue weighted by Crippen LogP contribution is 2.37. The van der Waals surface area contributed by atoms with Gasteiger partial charge in [0, 0.05) is 0 Å². The standard InChI is InChI=1S/C28H56.C12H24.C10H22/c1-5-7-8-9-10-11-14-17-20-27-21-18-15-12-13-16-19-23-28(4,6-2)24-22-26(3)25-27;1-6-11(4)7-8-12(5)9-10(2)3;1-3-5-7-9-10-8-6-4-2/h26-27H,5-25H2,1-4H3;6,10-12H,1,7-9H2,2-5H3;3-10H2,1-2H3. The van der Waals surface area contributed by atoms with Crippen molar-refractivity contribution in [3.63, 3.8) is 0 Å². The molecule has 0 saturated heterocycles. The van der Waals surface area contributed by atoms with Gasteiger partial charge in [0.2, 0.25) is 0 Å². The summed E-state index contributed by atoms with van der Waals surface area (Å²) in [6.45, 7) is 27.4. The van der Waals surface area contributed by atoms with Crippen LogP contribution in [0.2, 0.25) is 0 Å². The maximum atomic E-state index is 3.80. The molecule has 1 fully saturated rings. The van der Waals surface area contributed by atoms with E-state index in [-0.39, 0.29) is 0 Å². The molecule has 5 atom stereocenters. The van der Waals surface area contributed by atoms with E-state index in [1.54, 1.807) is 0 Å². The fourth-order valence-corrected chi connectivity index (χ4v) is 8.19. The minimum absolute atomic E-state index is 0.617. The zero-order valence-corrected chi connectivity index (χ0v) is 37.3. The van der Waals surface area contributed by atoms with Gasteiger partial charge in [-0.1, -0.05) is 249 Å². The van der Waals surface area contributed by atoms with E-state index in [1.807, 2.05) is 0 Å². The third-order valence-corrected chi connectivity index (χ3v) is 12.3. The Morgan fingerprint density at radius 3 is 1.56 bits per heavy atom. The Balaban J connectivity index is 0. The lowest BCUT2D eigenvalue weighted by molar-refractivity contribution is 0.214. The van der Waals surface area contributed by atoms with Crippen LogP contribution in [-0.2, 0) is 0 Å². The minimum atomic E-state index is 0.617. The van der Waals surface area contributed by atoms with Crippen molar-refractivity contribution >= 4 is 0 Å². The van der Waals surface area contributed by atoms with Gasteiger partial charge in [0.15, 0.2) is 0 Å². The molecule has 5 unspecified atom stereocenters. The van der Waals surface area contributed by atoms with E-state index in [9.17, 15) is 0 Å². The average molecular weight is 703 g/mol. The summed E-state index contributed by atoms with van der Waals surface area (Å²) in [4.78, 5) is 0. The molecular formula is C50H102. The van der Waals surface area contributed by atoms with Crippen molar-refractivity contribution in [2.24, 2.45) is 35.0 Å². The molecule has 1 aliphatic carbocycles. The Labute approximate surface area is 321 Å². The zero-order chi connectivity index (χ0) is 37.7. The molecule has 0 amide bonds. The molecule has 0 spiro atoms. The Morgan fingerprint density at radius 2 is 1.08 bits per heavy atom. The second kappa shape index (κ2) is 38.5. The second-order valence-electron chi connectivity index (χ2n) is 18.5. The smallest absolute Gasteiger partial charge is 0.0265 e. The summed E-state index contributed by atoms with van der Waals surface area (Å²) in [6.07, 6.45) is 48.5. The molecule has 1 rings (SSSR count). The van der Waals surface area contributed by atoms with Gasteiger partial charge in [-0.25, -0.2) is 0 Å². The van der Waals surface area contributed by atoms with E-state index in [2.05, 4.69) is 81.9 Å². The van der Waals surface area contributed by atoms with Crippen LogP contribution in [0.4, 0.5) is 0 Å². The molecule has 1 saturated carbocycles. The van der Waals surface area contributed by atoms with Crippen molar-refractivity contribution in [3.8, 4) is 0 Å². The van der Waals surface area contributed by atoms with E-state index in [0.717, 1.165) is 23.7 Å². The molecule has 50 heavy (non-hydrogen) atoms. The van der Waals surface area contributed by atoms with Crippen molar-refractivity contribution < 1.29 is 0 Å². The lowest BCUT2D eigenvalue weighted by Crippen LogP contribution is -2.17. The average Bonchev–Trinajstić information content (AvgIpc) is 3.10. The third-order valence-electron chi connectivity index (χ3n) is 12.3. The normalized spacial score (nSPS) is 22.0. The second-order valence-corrected chi connectivity index (χ2v) is 18.5. The molecule has 0 aliphatic heterocycles. The van der Waals surface area contributed by atoms with Crippen LogP contribution in [0.15, 0.2) is 12.7 Å². The molecule has 0 radical (unpaired) electrons. The maximum absolute atomic E-state index is 3.80. The number of allylic oxidation sites excluding steroid dienone is 1. The highest BCUT2D eigenvalue weighted by atomic mass is 14.3. The summed E-state index contributed by atoms with van der Waals surface area (Å²) in [5.41, 5.74) is 0.617. The summed E-state index contributed by atoms with van der Waals surface area (Å²) in [5, 5.41) is 0. The van der Waals surface area contributed by atoms with E-state index in [4.69, 9.17) is 0 Å². The Morgan fingerprint density at radius 1 is 0.600 bits per heavy atom. The van der Waals surface area contributed by atoms with E-state index < -0.39 is 0 Å². The van der Waals surface area contributed by atoms with E-state index in [1.165, 1.54) is 205 Å². The minimum Gasteiger partial charge on any atom is -0.103 e. The van der Waals surface area contributed by atoms with E-state index in [0.29, 0.717) is 11.3 Å².